The van der Waals surface area contributed by atoms with Crippen LogP contribution < -0.4 is 10.9 Å². The van der Waals surface area contributed by atoms with E-state index in [9.17, 15) is 14.0 Å². The van der Waals surface area contributed by atoms with Gasteiger partial charge in [-0.15, -0.1) is 5.10 Å². The van der Waals surface area contributed by atoms with Crippen molar-refractivity contribution in [3.05, 3.63) is 81.5 Å². The van der Waals surface area contributed by atoms with Gasteiger partial charge in [-0.2, -0.15) is 14.8 Å². The number of aromatic nitrogens is 4. The zero-order chi connectivity index (χ0) is 22.1. The van der Waals surface area contributed by atoms with Gasteiger partial charge in [0.2, 0.25) is 11.7 Å². The number of rotatable bonds is 4. The molecule has 0 saturated carbocycles. The van der Waals surface area contributed by atoms with Crippen LogP contribution in [0.15, 0.2) is 53.3 Å². The summed E-state index contributed by atoms with van der Waals surface area (Å²) in [4.78, 5) is 29.3. The minimum atomic E-state index is -0.678. The Kier molecular flexibility index (Phi) is 5.05. The maximum Gasteiger partial charge on any atom is 0.275 e. The topological polar surface area (TPSA) is 105 Å². The average Bonchev–Trinajstić information content (AvgIpc) is 3.18. The van der Waals surface area contributed by atoms with Crippen LogP contribution in [0.5, 0.6) is 0 Å². The predicted molar refractivity (Wildman–Crippen MR) is 112 cm³/mol. The van der Waals surface area contributed by atoms with E-state index in [4.69, 9.17) is 5.26 Å². The molecule has 0 radical (unpaired) electrons. The third-order valence-corrected chi connectivity index (χ3v) is 4.77. The van der Waals surface area contributed by atoms with Gasteiger partial charge in [0.05, 0.1) is 17.2 Å². The lowest BCUT2D eigenvalue weighted by Crippen LogP contribution is -2.25. The van der Waals surface area contributed by atoms with E-state index in [0.717, 1.165) is 16.1 Å². The molecule has 2 aromatic heterocycles. The van der Waals surface area contributed by atoms with Crippen molar-refractivity contribution in [1.29, 1.82) is 5.26 Å². The number of fused-ring (bicyclic) bond motifs is 1. The van der Waals surface area contributed by atoms with Gasteiger partial charge in [-0.3, -0.25) is 9.59 Å². The van der Waals surface area contributed by atoms with Crippen LogP contribution in [0.4, 0.5) is 10.1 Å². The second-order valence-electron chi connectivity index (χ2n) is 7.08. The lowest BCUT2D eigenvalue weighted by atomic mass is 10.1. The number of hydrogen-bond donors (Lipinski definition) is 1. The van der Waals surface area contributed by atoms with Gasteiger partial charge in [-0.25, -0.2) is 4.39 Å². The van der Waals surface area contributed by atoms with Crippen molar-refractivity contribution in [2.24, 2.45) is 0 Å². The fraction of sp³-hybridized carbons (Fsp3) is 0.136. The average molecular weight is 416 g/mol. The molecule has 0 saturated heterocycles. The fourth-order valence-corrected chi connectivity index (χ4v) is 3.16. The molecule has 2 aromatic carbocycles. The number of nitriles is 1. The number of hydrogen-bond acceptors (Lipinski definition) is 5. The van der Waals surface area contributed by atoms with Crippen LogP contribution in [0.25, 0.3) is 17.2 Å². The summed E-state index contributed by atoms with van der Waals surface area (Å²) in [6, 6.07) is 14.5. The third-order valence-electron chi connectivity index (χ3n) is 4.77. The summed E-state index contributed by atoms with van der Waals surface area (Å²) in [5, 5.41) is 15.8. The second kappa shape index (κ2) is 7.84. The Morgan fingerprint density at radius 1 is 1.16 bits per heavy atom. The van der Waals surface area contributed by atoms with Crippen molar-refractivity contribution < 1.29 is 9.18 Å². The highest BCUT2D eigenvalue weighted by Gasteiger charge is 2.18. The maximum absolute atomic E-state index is 14.4. The normalized spacial score (nSPS) is 10.8. The molecule has 0 aliphatic heterocycles. The van der Waals surface area contributed by atoms with Gasteiger partial charge >= 0.3 is 0 Å². The van der Waals surface area contributed by atoms with Crippen molar-refractivity contribution in [2.45, 2.75) is 20.4 Å². The maximum atomic E-state index is 14.4. The number of carbonyl (C=O) groups is 1. The van der Waals surface area contributed by atoms with E-state index in [-0.39, 0.29) is 35.2 Å². The summed E-state index contributed by atoms with van der Waals surface area (Å²) >= 11 is 0. The van der Waals surface area contributed by atoms with Gasteiger partial charge in [-0.05, 0) is 44.2 Å². The summed E-state index contributed by atoms with van der Waals surface area (Å²) in [5.41, 5.74) is 1.99. The molecule has 1 N–H and O–H groups in total. The molecule has 0 bridgehead atoms. The van der Waals surface area contributed by atoms with Crippen molar-refractivity contribution in [3.63, 3.8) is 0 Å². The van der Waals surface area contributed by atoms with Crippen LogP contribution in [0.1, 0.15) is 16.8 Å². The number of aryl methyl sites for hydroxylation is 2. The van der Waals surface area contributed by atoms with Crippen molar-refractivity contribution >= 4 is 17.4 Å². The molecule has 0 spiro atoms. The minimum absolute atomic E-state index is 0.0163. The van der Waals surface area contributed by atoms with Crippen LogP contribution in [0.2, 0.25) is 0 Å². The Morgan fingerprint density at radius 3 is 2.58 bits per heavy atom. The van der Waals surface area contributed by atoms with Gasteiger partial charge in [0, 0.05) is 17.4 Å². The number of nitrogens with zero attached hydrogens (tertiary/aromatic N) is 5. The molecule has 8 nitrogen and oxygen atoms in total. The number of benzene rings is 2. The Balaban J connectivity index is 1.72. The van der Waals surface area contributed by atoms with Crippen LogP contribution >= 0.6 is 0 Å². The summed E-state index contributed by atoms with van der Waals surface area (Å²) in [6.45, 7) is 3.51. The second-order valence-corrected chi connectivity index (χ2v) is 7.08. The van der Waals surface area contributed by atoms with Crippen LogP contribution in [0, 0.1) is 31.0 Å². The quantitative estimate of drug-likeness (QED) is 0.551. The standard InChI is InChI=1S/C22H17FN6O2/c1-13-3-6-16(7-4-13)25-19(30)12-28-14(2)9-20(31)29-22(28)26-21(27-29)17-8-5-15(11-24)10-18(17)23/h3-10H,12H2,1-2H3,(H,25,30). The zero-order valence-corrected chi connectivity index (χ0v) is 16.8. The van der Waals surface area contributed by atoms with E-state index in [1.54, 1.807) is 19.1 Å². The molecule has 4 aromatic rings. The lowest BCUT2D eigenvalue weighted by Gasteiger charge is -2.11. The summed E-state index contributed by atoms with van der Waals surface area (Å²) in [6.07, 6.45) is 0. The van der Waals surface area contributed by atoms with Gasteiger partial charge < -0.3 is 9.88 Å². The first-order chi connectivity index (χ1) is 14.9. The smallest absolute Gasteiger partial charge is 0.275 e. The molecule has 4 rings (SSSR count). The van der Waals surface area contributed by atoms with E-state index in [0.29, 0.717) is 11.4 Å². The number of carbonyl (C=O) groups excluding carboxylic acids is 1. The number of nitrogens with one attached hydrogen (secondary N) is 1. The summed E-state index contributed by atoms with van der Waals surface area (Å²) < 4.78 is 17.0. The van der Waals surface area contributed by atoms with Gasteiger partial charge in [-0.1, -0.05) is 17.7 Å². The van der Waals surface area contributed by atoms with E-state index < -0.39 is 11.4 Å². The molecule has 1 amide bonds. The fourth-order valence-electron chi connectivity index (χ4n) is 3.16. The number of halogens is 1. The lowest BCUT2D eigenvalue weighted by molar-refractivity contribution is -0.116. The SMILES string of the molecule is Cc1ccc(NC(=O)Cn2c(C)cc(=O)n3nc(-c4ccc(C#N)cc4F)nc23)cc1. The molecular weight excluding hydrogens is 399 g/mol. The van der Waals surface area contributed by atoms with Crippen LogP contribution in [0.3, 0.4) is 0 Å². The van der Waals surface area contributed by atoms with Crippen LogP contribution in [-0.4, -0.2) is 25.1 Å². The molecule has 0 unspecified atom stereocenters. The van der Waals surface area contributed by atoms with E-state index in [1.807, 2.05) is 25.1 Å². The Labute approximate surface area is 176 Å². The van der Waals surface area contributed by atoms with E-state index in [1.165, 1.54) is 22.8 Å². The molecule has 31 heavy (non-hydrogen) atoms. The van der Waals surface area contributed by atoms with Gasteiger partial charge in [0.15, 0.2) is 5.82 Å². The van der Waals surface area contributed by atoms with Crippen molar-refractivity contribution in [3.8, 4) is 17.5 Å². The Bertz CT molecular complexity index is 1410. The van der Waals surface area contributed by atoms with Crippen molar-refractivity contribution in [2.75, 3.05) is 5.32 Å². The predicted octanol–water partition coefficient (Wildman–Crippen LogP) is 2.82. The molecule has 154 valence electrons. The highest BCUT2D eigenvalue weighted by Crippen LogP contribution is 2.21. The van der Waals surface area contributed by atoms with Crippen LogP contribution in [-0.2, 0) is 11.3 Å². The monoisotopic (exact) mass is 416 g/mol. The molecule has 0 aliphatic carbocycles. The Hall–Kier alpha value is -4.32. The largest absolute Gasteiger partial charge is 0.325 e. The number of amides is 1. The van der Waals surface area contributed by atoms with Gasteiger partial charge in [0.25, 0.3) is 5.56 Å². The molecule has 0 fully saturated rings. The first-order valence-electron chi connectivity index (χ1n) is 9.39. The number of anilines is 1. The molecule has 9 heteroatoms. The van der Waals surface area contributed by atoms with E-state index >= 15 is 0 Å². The first kappa shape index (κ1) is 20.0. The first-order valence-corrected chi connectivity index (χ1v) is 9.39. The summed E-state index contributed by atoms with van der Waals surface area (Å²) in [7, 11) is 0. The minimum Gasteiger partial charge on any atom is -0.325 e. The highest BCUT2D eigenvalue weighted by molar-refractivity contribution is 5.90. The molecule has 2 heterocycles. The van der Waals surface area contributed by atoms with E-state index in [2.05, 4.69) is 15.4 Å². The molecule has 0 atom stereocenters. The highest BCUT2D eigenvalue weighted by atomic mass is 19.1. The van der Waals surface area contributed by atoms with Gasteiger partial charge in [0.1, 0.15) is 12.4 Å². The Morgan fingerprint density at radius 2 is 1.90 bits per heavy atom. The zero-order valence-electron chi connectivity index (χ0n) is 16.8. The van der Waals surface area contributed by atoms with Crippen molar-refractivity contribution in [1.82, 2.24) is 19.2 Å². The molecule has 0 aliphatic rings. The molecular formula is C22H17FN6O2. The third kappa shape index (κ3) is 3.91. The summed E-state index contributed by atoms with van der Waals surface area (Å²) in [5.74, 6) is -0.894.